The zero-order valence-corrected chi connectivity index (χ0v) is 20.3. The minimum Gasteiger partial charge on any atom is -0.0887 e. The van der Waals surface area contributed by atoms with Gasteiger partial charge in [0.2, 0.25) is 0 Å². The van der Waals surface area contributed by atoms with Crippen molar-refractivity contribution in [3.05, 3.63) is 68.7 Å². The first-order chi connectivity index (χ1) is 13.1. The maximum absolute atomic E-state index is 3.89. The molecule has 0 fully saturated rings. The molecule has 4 aliphatic carbocycles. The number of allylic oxidation sites excluding steroid dienone is 12. The van der Waals surface area contributed by atoms with E-state index in [1.54, 1.807) is 11.1 Å². The number of halogens is 3. The molecule has 0 bridgehead atoms. The second-order valence-corrected chi connectivity index (χ2v) is 11.5. The minimum atomic E-state index is 0.560. The van der Waals surface area contributed by atoms with Gasteiger partial charge in [-0.25, -0.2) is 0 Å². The standard InChI is InChI=1S/C24H27Br3/c25-22-7-1-4-16(13-22)19-10-20(17-5-2-8-23(26)14-17)12-21(11-19)18-6-3-9-24(27)15-18/h1-2,6-8,10,13-14,16-17,19,21,24H,3-5,9,11-12,15H2. The van der Waals surface area contributed by atoms with Crippen molar-refractivity contribution < 1.29 is 0 Å². The summed E-state index contributed by atoms with van der Waals surface area (Å²) < 4.78 is 2.48. The van der Waals surface area contributed by atoms with E-state index < -0.39 is 0 Å². The third-order valence-electron chi connectivity index (χ3n) is 6.45. The highest BCUT2D eigenvalue weighted by Gasteiger charge is 2.32. The molecule has 144 valence electrons. The summed E-state index contributed by atoms with van der Waals surface area (Å²) in [6.07, 6.45) is 27.7. The van der Waals surface area contributed by atoms with Crippen LogP contribution in [0.4, 0.5) is 0 Å². The average molecular weight is 555 g/mol. The molecule has 4 rings (SSSR count). The van der Waals surface area contributed by atoms with Gasteiger partial charge in [-0.2, -0.15) is 0 Å². The molecule has 0 aromatic rings. The first-order valence-corrected chi connectivity index (χ1v) is 12.7. The van der Waals surface area contributed by atoms with Crippen LogP contribution in [0.3, 0.4) is 0 Å². The van der Waals surface area contributed by atoms with Gasteiger partial charge in [-0.15, -0.1) is 0 Å². The Morgan fingerprint density at radius 2 is 1.59 bits per heavy atom. The Balaban J connectivity index is 1.61. The van der Waals surface area contributed by atoms with E-state index >= 15 is 0 Å². The van der Waals surface area contributed by atoms with Crippen LogP contribution in [0.2, 0.25) is 0 Å². The normalized spacial score (nSPS) is 36.6. The number of alkyl halides is 1. The van der Waals surface area contributed by atoms with Crippen LogP contribution in [0.5, 0.6) is 0 Å². The molecule has 0 aromatic carbocycles. The van der Waals surface area contributed by atoms with Crippen LogP contribution in [0, 0.1) is 23.7 Å². The number of hydrogen-bond acceptors (Lipinski definition) is 0. The van der Waals surface area contributed by atoms with Crippen molar-refractivity contribution in [1.82, 2.24) is 0 Å². The van der Waals surface area contributed by atoms with Crippen LogP contribution < -0.4 is 0 Å². The number of rotatable bonds is 3. The molecule has 0 radical (unpaired) electrons. The molecule has 0 N–H and O–H groups in total. The molecular weight excluding hydrogens is 528 g/mol. The summed E-state index contributed by atoms with van der Waals surface area (Å²) in [6, 6.07) is 0. The average Bonchev–Trinajstić information content (AvgIpc) is 2.68. The first-order valence-electron chi connectivity index (χ1n) is 10.2. The second kappa shape index (κ2) is 9.13. The molecule has 3 heteroatoms. The fourth-order valence-electron chi connectivity index (χ4n) is 5.05. The van der Waals surface area contributed by atoms with Gasteiger partial charge >= 0.3 is 0 Å². The fourth-order valence-corrected chi connectivity index (χ4v) is 6.72. The van der Waals surface area contributed by atoms with Crippen molar-refractivity contribution in [2.45, 2.75) is 49.8 Å². The molecule has 0 saturated carbocycles. The second-order valence-electron chi connectivity index (χ2n) is 8.35. The quantitative estimate of drug-likeness (QED) is 0.242. The van der Waals surface area contributed by atoms with Gasteiger partial charge in [0, 0.05) is 19.7 Å². The lowest BCUT2D eigenvalue weighted by atomic mass is 9.68. The summed E-state index contributed by atoms with van der Waals surface area (Å²) in [6.45, 7) is 0. The van der Waals surface area contributed by atoms with Gasteiger partial charge in [0.05, 0.1) is 0 Å². The smallest absolute Gasteiger partial charge is 0.0186 e. The van der Waals surface area contributed by atoms with Gasteiger partial charge in [0.1, 0.15) is 0 Å². The van der Waals surface area contributed by atoms with Crippen molar-refractivity contribution in [3.63, 3.8) is 0 Å². The van der Waals surface area contributed by atoms with E-state index in [-0.39, 0.29) is 0 Å². The lowest BCUT2D eigenvalue weighted by molar-refractivity contribution is 0.343. The highest BCUT2D eigenvalue weighted by molar-refractivity contribution is 9.12. The lowest BCUT2D eigenvalue weighted by Crippen LogP contribution is -2.26. The Labute approximate surface area is 189 Å². The van der Waals surface area contributed by atoms with E-state index in [2.05, 4.69) is 96.4 Å². The van der Waals surface area contributed by atoms with E-state index in [1.807, 2.05) is 0 Å². The summed E-state index contributed by atoms with van der Waals surface area (Å²) in [5, 5.41) is 0. The van der Waals surface area contributed by atoms with E-state index in [1.165, 1.54) is 47.5 Å². The molecular formula is C24H27Br3. The Morgan fingerprint density at radius 1 is 0.815 bits per heavy atom. The summed E-state index contributed by atoms with van der Waals surface area (Å²) in [5.74, 6) is 2.54. The molecule has 4 aliphatic rings. The van der Waals surface area contributed by atoms with Gasteiger partial charge < -0.3 is 0 Å². The van der Waals surface area contributed by atoms with Crippen molar-refractivity contribution in [2.24, 2.45) is 23.7 Å². The molecule has 5 atom stereocenters. The Hall–Kier alpha value is -0.120. The molecule has 5 unspecified atom stereocenters. The maximum Gasteiger partial charge on any atom is 0.0186 e. The molecule has 0 aromatic heterocycles. The summed E-state index contributed by atoms with van der Waals surface area (Å²) in [5.41, 5.74) is 3.37. The van der Waals surface area contributed by atoms with Gasteiger partial charge in [0.15, 0.2) is 0 Å². The topological polar surface area (TPSA) is 0 Å². The van der Waals surface area contributed by atoms with E-state index in [4.69, 9.17) is 0 Å². The monoisotopic (exact) mass is 552 g/mol. The van der Waals surface area contributed by atoms with Crippen LogP contribution in [-0.4, -0.2) is 4.83 Å². The highest BCUT2D eigenvalue weighted by Crippen LogP contribution is 2.45. The molecule has 0 nitrogen and oxygen atoms in total. The van der Waals surface area contributed by atoms with Gasteiger partial charge in [-0.05, 0) is 62.7 Å². The Morgan fingerprint density at radius 3 is 2.33 bits per heavy atom. The fraction of sp³-hybridized carbons (Fsp3) is 0.500. The molecule has 0 amide bonds. The van der Waals surface area contributed by atoms with E-state index in [0.717, 1.165) is 6.42 Å². The highest BCUT2D eigenvalue weighted by atomic mass is 79.9. The number of hydrogen-bond donors (Lipinski definition) is 0. The van der Waals surface area contributed by atoms with Gasteiger partial charge in [-0.1, -0.05) is 108 Å². The molecule has 27 heavy (non-hydrogen) atoms. The molecule has 0 spiro atoms. The summed E-state index contributed by atoms with van der Waals surface area (Å²) in [7, 11) is 0. The first kappa shape index (κ1) is 20.2. The maximum atomic E-state index is 3.89. The van der Waals surface area contributed by atoms with Crippen molar-refractivity contribution in [2.75, 3.05) is 0 Å². The zero-order chi connectivity index (χ0) is 18.8. The van der Waals surface area contributed by atoms with Crippen molar-refractivity contribution >= 4 is 47.8 Å². The zero-order valence-electron chi connectivity index (χ0n) is 15.6. The van der Waals surface area contributed by atoms with Gasteiger partial charge in [0.25, 0.3) is 0 Å². The SMILES string of the molecule is BrC1=CC(C2=CC(C3C=C(Br)C=CC3)CC(C3=CCCC(Br)C3)C2)CC=C1. The summed E-state index contributed by atoms with van der Waals surface area (Å²) in [4.78, 5) is 0.670. The van der Waals surface area contributed by atoms with Crippen LogP contribution >= 0.6 is 47.8 Å². The van der Waals surface area contributed by atoms with Crippen molar-refractivity contribution in [3.8, 4) is 0 Å². The predicted molar refractivity (Wildman–Crippen MR) is 127 cm³/mol. The molecule has 0 saturated heterocycles. The third kappa shape index (κ3) is 5.08. The van der Waals surface area contributed by atoms with E-state index in [0.29, 0.717) is 28.5 Å². The van der Waals surface area contributed by atoms with Gasteiger partial charge in [-0.3, -0.25) is 0 Å². The third-order valence-corrected chi connectivity index (χ3v) is 8.29. The van der Waals surface area contributed by atoms with Crippen molar-refractivity contribution in [1.29, 1.82) is 0 Å². The Kier molecular flexibility index (Phi) is 6.82. The minimum absolute atomic E-state index is 0.560. The van der Waals surface area contributed by atoms with Crippen LogP contribution in [0.1, 0.15) is 44.9 Å². The largest absolute Gasteiger partial charge is 0.0887 e. The van der Waals surface area contributed by atoms with Crippen LogP contribution in [0.15, 0.2) is 68.7 Å². The molecule has 0 aliphatic heterocycles. The van der Waals surface area contributed by atoms with Crippen LogP contribution in [0.25, 0.3) is 0 Å². The lowest BCUT2D eigenvalue weighted by Gasteiger charge is -2.37. The van der Waals surface area contributed by atoms with Crippen LogP contribution in [-0.2, 0) is 0 Å². The predicted octanol–water partition coefficient (Wildman–Crippen LogP) is 8.52. The molecule has 0 heterocycles. The van der Waals surface area contributed by atoms with E-state index in [9.17, 15) is 0 Å². The Bertz CT molecular complexity index is 750. The summed E-state index contributed by atoms with van der Waals surface area (Å²) >= 11 is 11.3.